The summed E-state index contributed by atoms with van der Waals surface area (Å²) in [5.41, 5.74) is 3.48. The minimum Gasteiger partial charge on any atom is -0.334 e. The fraction of sp³-hybridized carbons (Fsp3) is 0.583. The molecule has 0 saturated carbocycles. The highest BCUT2D eigenvalue weighted by Gasteiger charge is 2.26. The molecule has 0 radical (unpaired) electrons. The van der Waals surface area contributed by atoms with Crippen LogP contribution in [0.3, 0.4) is 0 Å². The van der Waals surface area contributed by atoms with Gasteiger partial charge in [-0.15, -0.1) is 0 Å². The summed E-state index contributed by atoms with van der Waals surface area (Å²) < 4.78 is 0. The number of nitrogens with two attached hydrogens (primary N) is 1. The van der Waals surface area contributed by atoms with Crippen molar-refractivity contribution in [1.29, 1.82) is 0 Å². The summed E-state index contributed by atoms with van der Waals surface area (Å²) in [6.45, 7) is 6.22. The molecule has 0 aliphatic carbocycles. The third-order valence-corrected chi connectivity index (χ3v) is 3.45. The second-order valence-corrected chi connectivity index (χ2v) is 4.94. The number of amides is 1. The summed E-state index contributed by atoms with van der Waals surface area (Å²) >= 11 is 0. The van der Waals surface area contributed by atoms with Gasteiger partial charge in [0.05, 0.1) is 0 Å². The molecule has 104 valence electrons. The van der Waals surface area contributed by atoms with Gasteiger partial charge in [0.25, 0.3) is 5.91 Å². The van der Waals surface area contributed by atoms with Crippen molar-refractivity contribution in [2.45, 2.75) is 19.9 Å². The molecular formula is C12H20N6O. The standard InChI is InChI=1S/C12H20N6O/c1-8-6-10(15-12(14-8)16-13)11(19)18-5-4-17(3)9(2)7-18/h6,9H,4-5,7,13H2,1-3H3,(H,14,15,16). The van der Waals surface area contributed by atoms with E-state index >= 15 is 0 Å². The van der Waals surface area contributed by atoms with Gasteiger partial charge in [0.2, 0.25) is 5.95 Å². The first-order valence-corrected chi connectivity index (χ1v) is 6.33. The van der Waals surface area contributed by atoms with Gasteiger partial charge >= 0.3 is 0 Å². The molecule has 1 aliphatic rings. The molecule has 0 spiro atoms. The third kappa shape index (κ3) is 2.99. The van der Waals surface area contributed by atoms with Crippen LogP contribution in [-0.2, 0) is 0 Å². The zero-order valence-corrected chi connectivity index (χ0v) is 11.6. The molecule has 19 heavy (non-hydrogen) atoms. The highest BCUT2D eigenvalue weighted by molar-refractivity contribution is 5.92. The minimum atomic E-state index is -0.0676. The zero-order chi connectivity index (χ0) is 14.0. The second kappa shape index (κ2) is 5.50. The number of aryl methyl sites for hydroxylation is 1. The maximum atomic E-state index is 12.4. The first-order chi connectivity index (χ1) is 9.01. The van der Waals surface area contributed by atoms with E-state index in [9.17, 15) is 4.79 Å². The molecule has 3 N–H and O–H groups in total. The predicted molar refractivity (Wildman–Crippen MR) is 72.6 cm³/mol. The molecule has 7 heteroatoms. The Balaban J connectivity index is 2.17. The third-order valence-electron chi connectivity index (χ3n) is 3.45. The summed E-state index contributed by atoms with van der Waals surface area (Å²) in [5, 5.41) is 0. The molecule has 1 fully saturated rings. The topological polar surface area (TPSA) is 87.4 Å². The summed E-state index contributed by atoms with van der Waals surface area (Å²) in [6.07, 6.45) is 0. The molecule has 1 unspecified atom stereocenters. The van der Waals surface area contributed by atoms with Crippen LogP contribution in [0.5, 0.6) is 0 Å². The number of nitrogens with one attached hydrogen (secondary N) is 1. The van der Waals surface area contributed by atoms with Crippen molar-refractivity contribution < 1.29 is 4.79 Å². The van der Waals surface area contributed by atoms with E-state index in [0.29, 0.717) is 30.5 Å². The molecule has 2 rings (SSSR count). The number of anilines is 1. The Morgan fingerprint density at radius 2 is 2.21 bits per heavy atom. The van der Waals surface area contributed by atoms with Gasteiger partial charge in [-0.2, -0.15) is 0 Å². The maximum absolute atomic E-state index is 12.4. The van der Waals surface area contributed by atoms with Crippen LogP contribution < -0.4 is 11.3 Å². The molecule has 1 aromatic rings. The van der Waals surface area contributed by atoms with Gasteiger partial charge in [0, 0.05) is 31.4 Å². The average molecular weight is 264 g/mol. The zero-order valence-electron chi connectivity index (χ0n) is 11.6. The van der Waals surface area contributed by atoms with Gasteiger partial charge in [-0.1, -0.05) is 0 Å². The van der Waals surface area contributed by atoms with Crippen LogP contribution in [0.1, 0.15) is 23.1 Å². The number of hydrogen-bond donors (Lipinski definition) is 2. The quantitative estimate of drug-likeness (QED) is 0.570. The number of likely N-dealkylation sites (N-methyl/N-ethyl adjacent to an activating group) is 1. The molecule has 7 nitrogen and oxygen atoms in total. The Labute approximate surface area is 112 Å². The number of nitrogens with zero attached hydrogens (tertiary/aromatic N) is 4. The smallest absolute Gasteiger partial charge is 0.272 e. The van der Waals surface area contributed by atoms with Crippen LogP contribution in [0.4, 0.5) is 5.95 Å². The van der Waals surface area contributed by atoms with Crippen molar-refractivity contribution in [2.24, 2.45) is 5.84 Å². The van der Waals surface area contributed by atoms with E-state index in [1.54, 1.807) is 6.07 Å². The van der Waals surface area contributed by atoms with E-state index in [1.807, 2.05) is 11.8 Å². The van der Waals surface area contributed by atoms with Crippen molar-refractivity contribution in [2.75, 3.05) is 32.1 Å². The van der Waals surface area contributed by atoms with Crippen LogP contribution in [0.15, 0.2) is 6.07 Å². The number of hydrogen-bond acceptors (Lipinski definition) is 6. The van der Waals surface area contributed by atoms with E-state index in [4.69, 9.17) is 5.84 Å². The minimum absolute atomic E-state index is 0.0676. The van der Waals surface area contributed by atoms with Crippen molar-refractivity contribution in [1.82, 2.24) is 19.8 Å². The van der Waals surface area contributed by atoms with Gasteiger partial charge < -0.3 is 9.80 Å². The molecule has 0 bridgehead atoms. The molecule has 1 amide bonds. The fourth-order valence-electron chi connectivity index (χ4n) is 2.14. The van der Waals surface area contributed by atoms with Gasteiger partial charge in [-0.3, -0.25) is 10.2 Å². The van der Waals surface area contributed by atoms with Crippen LogP contribution in [0.2, 0.25) is 0 Å². The van der Waals surface area contributed by atoms with Crippen molar-refractivity contribution >= 4 is 11.9 Å². The van der Waals surface area contributed by atoms with Gasteiger partial charge in [-0.25, -0.2) is 15.8 Å². The van der Waals surface area contributed by atoms with E-state index in [-0.39, 0.29) is 11.9 Å². The highest BCUT2D eigenvalue weighted by Crippen LogP contribution is 2.12. The molecule has 0 aromatic carbocycles. The maximum Gasteiger partial charge on any atom is 0.272 e. The van der Waals surface area contributed by atoms with E-state index in [0.717, 1.165) is 6.54 Å². The van der Waals surface area contributed by atoms with E-state index in [2.05, 4.69) is 34.3 Å². The Bertz CT molecular complexity index is 477. The summed E-state index contributed by atoms with van der Waals surface area (Å²) in [4.78, 5) is 24.7. The molecule has 1 saturated heterocycles. The number of piperazine rings is 1. The molecule has 2 heterocycles. The van der Waals surface area contributed by atoms with Crippen LogP contribution in [-0.4, -0.2) is 58.4 Å². The Morgan fingerprint density at radius 3 is 2.84 bits per heavy atom. The normalized spacial score (nSPS) is 20.4. The van der Waals surface area contributed by atoms with Gasteiger partial charge in [0.15, 0.2) is 0 Å². The number of carbonyl (C=O) groups excluding carboxylic acids is 1. The number of hydrazine groups is 1. The van der Waals surface area contributed by atoms with Crippen LogP contribution in [0.25, 0.3) is 0 Å². The first kappa shape index (κ1) is 13.7. The monoisotopic (exact) mass is 264 g/mol. The lowest BCUT2D eigenvalue weighted by atomic mass is 10.2. The largest absolute Gasteiger partial charge is 0.334 e. The average Bonchev–Trinajstić information content (AvgIpc) is 2.40. The van der Waals surface area contributed by atoms with E-state index in [1.165, 1.54) is 0 Å². The first-order valence-electron chi connectivity index (χ1n) is 6.33. The number of carbonyl (C=O) groups is 1. The Morgan fingerprint density at radius 1 is 1.47 bits per heavy atom. The number of aromatic nitrogens is 2. The SMILES string of the molecule is Cc1cc(C(=O)N2CCN(C)C(C)C2)nc(NN)n1. The van der Waals surface area contributed by atoms with Crippen LogP contribution in [0, 0.1) is 6.92 Å². The van der Waals surface area contributed by atoms with Crippen molar-refractivity contribution in [3.63, 3.8) is 0 Å². The number of rotatable bonds is 2. The Hall–Kier alpha value is -1.73. The second-order valence-electron chi connectivity index (χ2n) is 4.94. The van der Waals surface area contributed by atoms with E-state index < -0.39 is 0 Å². The van der Waals surface area contributed by atoms with Gasteiger partial charge in [0.1, 0.15) is 5.69 Å². The predicted octanol–water partition coefficient (Wildman–Crippen LogP) is -0.153. The van der Waals surface area contributed by atoms with Crippen LogP contribution >= 0.6 is 0 Å². The molecule has 1 atom stereocenters. The fourth-order valence-corrected chi connectivity index (χ4v) is 2.14. The molecule has 1 aliphatic heterocycles. The summed E-state index contributed by atoms with van der Waals surface area (Å²) in [7, 11) is 2.07. The van der Waals surface area contributed by atoms with Crippen molar-refractivity contribution in [3.05, 3.63) is 17.5 Å². The Kier molecular flexibility index (Phi) is 3.96. The van der Waals surface area contributed by atoms with Gasteiger partial charge in [-0.05, 0) is 27.0 Å². The molecule has 1 aromatic heterocycles. The summed E-state index contributed by atoms with van der Waals surface area (Å²) in [6, 6.07) is 2.04. The summed E-state index contributed by atoms with van der Waals surface area (Å²) in [5.74, 6) is 5.50. The molecular weight excluding hydrogens is 244 g/mol. The lowest BCUT2D eigenvalue weighted by Gasteiger charge is -2.37. The highest BCUT2D eigenvalue weighted by atomic mass is 16.2. The lowest BCUT2D eigenvalue weighted by Crippen LogP contribution is -2.52. The van der Waals surface area contributed by atoms with Crippen molar-refractivity contribution in [3.8, 4) is 0 Å². The lowest BCUT2D eigenvalue weighted by molar-refractivity contribution is 0.0566. The number of nitrogen functional groups attached to an aromatic ring is 1.